The highest BCUT2D eigenvalue weighted by Gasteiger charge is 2.10. The van der Waals surface area contributed by atoms with Crippen LogP contribution in [0.25, 0.3) is 0 Å². The van der Waals surface area contributed by atoms with Gasteiger partial charge in [0.1, 0.15) is 0 Å². The Morgan fingerprint density at radius 1 is 1.09 bits per heavy atom. The molecule has 1 aliphatic rings. The molecule has 0 amide bonds. The summed E-state index contributed by atoms with van der Waals surface area (Å²) in [4.78, 5) is 6.97. The Hall–Kier alpha value is -1.08. The van der Waals surface area contributed by atoms with E-state index < -0.39 is 0 Å². The summed E-state index contributed by atoms with van der Waals surface area (Å²) in [6, 6.07) is 11.2. The van der Waals surface area contributed by atoms with E-state index in [1.807, 2.05) is 18.4 Å². The van der Waals surface area contributed by atoms with Crippen molar-refractivity contribution in [1.82, 2.24) is 10.6 Å². The summed E-state index contributed by atoms with van der Waals surface area (Å²) in [7, 11) is 1.82. The smallest absolute Gasteiger partial charge is 0.191 e. The average Bonchev–Trinajstić information content (AvgIpc) is 3.15. The van der Waals surface area contributed by atoms with E-state index in [-0.39, 0.29) is 24.0 Å². The molecule has 0 spiro atoms. The summed E-state index contributed by atoms with van der Waals surface area (Å²) in [5.41, 5.74) is 4.38. The van der Waals surface area contributed by atoms with Crippen LogP contribution in [0.3, 0.4) is 0 Å². The Balaban J connectivity index is 0.00000192. The molecule has 5 heteroatoms. The number of benzene rings is 1. The Morgan fingerprint density at radius 3 is 2.61 bits per heavy atom. The maximum absolute atomic E-state index is 4.30. The third kappa shape index (κ3) is 4.94. The van der Waals surface area contributed by atoms with Gasteiger partial charge in [0, 0.05) is 23.3 Å². The van der Waals surface area contributed by atoms with E-state index in [0.29, 0.717) is 0 Å². The molecule has 0 fully saturated rings. The van der Waals surface area contributed by atoms with Crippen molar-refractivity contribution in [3.05, 3.63) is 56.8 Å². The fourth-order valence-corrected chi connectivity index (χ4v) is 3.72. The zero-order valence-electron chi connectivity index (χ0n) is 13.7. The van der Waals surface area contributed by atoms with Crippen molar-refractivity contribution in [3.8, 4) is 0 Å². The predicted molar refractivity (Wildman–Crippen MR) is 110 cm³/mol. The summed E-state index contributed by atoms with van der Waals surface area (Å²) >= 11 is 1.82. The number of halogens is 1. The van der Waals surface area contributed by atoms with E-state index in [1.165, 1.54) is 45.7 Å². The van der Waals surface area contributed by atoms with Gasteiger partial charge < -0.3 is 10.6 Å². The number of rotatable bonds is 4. The number of aliphatic imine (C=N–C) groups is 1. The Labute approximate surface area is 159 Å². The van der Waals surface area contributed by atoms with E-state index in [9.17, 15) is 0 Å². The van der Waals surface area contributed by atoms with Crippen LogP contribution in [0.4, 0.5) is 0 Å². The molecule has 2 N–H and O–H groups in total. The monoisotopic (exact) mass is 441 g/mol. The maximum atomic E-state index is 4.30. The normalized spacial score (nSPS) is 13.4. The van der Waals surface area contributed by atoms with E-state index in [2.05, 4.69) is 52.9 Å². The Bertz CT molecular complexity index is 679. The molecule has 0 atom stereocenters. The van der Waals surface area contributed by atoms with Crippen molar-refractivity contribution in [2.24, 2.45) is 4.99 Å². The summed E-state index contributed by atoms with van der Waals surface area (Å²) in [6.07, 6.45) is 3.77. The summed E-state index contributed by atoms with van der Waals surface area (Å²) < 4.78 is 0. The Kier molecular flexibility index (Phi) is 6.89. The average molecular weight is 441 g/mol. The predicted octanol–water partition coefficient (Wildman–Crippen LogP) is 4.03. The number of guanidine groups is 1. The number of thiophene rings is 1. The fourth-order valence-electron chi connectivity index (χ4n) is 2.89. The van der Waals surface area contributed by atoms with Gasteiger partial charge in [0.2, 0.25) is 0 Å². The minimum absolute atomic E-state index is 0. The third-order valence-electron chi connectivity index (χ3n) is 4.07. The van der Waals surface area contributed by atoms with Gasteiger partial charge in [-0.15, -0.1) is 35.3 Å². The molecule has 124 valence electrons. The van der Waals surface area contributed by atoms with Crippen molar-refractivity contribution >= 4 is 41.3 Å². The fraction of sp³-hybridized carbons (Fsp3) is 0.389. The summed E-state index contributed by atoms with van der Waals surface area (Å²) in [5.74, 6) is 0.853. The lowest BCUT2D eigenvalue weighted by molar-refractivity contribution is 0.814. The summed E-state index contributed by atoms with van der Waals surface area (Å²) in [6.45, 7) is 3.77. The second-order valence-corrected chi connectivity index (χ2v) is 7.12. The van der Waals surface area contributed by atoms with Crippen LogP contribution in [0.15, 0.2) is 35.3 Å². The highest BCUT2D eigenvalue weighted by Crippen LogP contribution is 2.22. The van der Waals surface area contributed by atoms with Crippen molar-refractivity contribution in [3.63, 3.8) is 0 Å². The van der Waals surface area contributed by atoms with Gasteiger partial charge in [-0.2, -0.15) is 0 Å². The molecule has 0 unspecified atom stereocenters. The van der Waals surface area contributed by atoms with Crippen molar-refractivity contribution in [2.75, 3.05) is 7.05 Å². The molecule has 1 aliphatic carbocycles. The molecule has 3 nitrogen and oxygen atoms in total. The van der Waals surface area contributed by atoms with Gasteiger partial charge >= 0.3 is 0 Å². The zero-order valence-corrected chi connectivity index (χ0v) is 16.8. The first-order valence-electron chi connectivity index (χ1n) is 7.85. The van der Waals surface area contributed by atoms with Crippen LogP contribution in [-0.4, -0.2) is 13.0 Å². The molecule has 1 heterocycles. The SMILES string of the molecule is CN=C(NCc1ccc2c(c1)CCC2)NCc1ccc(C)s1.I. The minimum Gasteiger partial charge on any atom is -0.352 e. The Morgan fingerprint density at radius 2 is 1.87 bits per heavy atom. The van der Waals surface area contributed by atoms with Gasteiger partial charge in [-0.3, -0.25) is 4.99 Å². The van der Waals surface area contributed by atoms with Gasteiger partial charge in [0.05, 0.1) is 6.54 Å². The number of hydrogen-bond donors (Lipinski definition) is 2. The molecule has 1 aromatic heterocycles. The molecule has 0 aliphatic heterocycles. The third-order valence-corrected chi connectivity index (χ3v) is 5.07. The number of aryl methyl sites for hydroxylation is 3. The van der Waals surface area contributed by atoms with Crippen molar-refractivity contribution in [1.29, 1.82) is 0 Å². The molecular weight excluding hydrogens is 417 g/mol. The standard InChI is InChI=1S/C18H23N3S.HI/c1-13-6-9-17(22-13)12-21-18(19-2)20-11-14-7-8-15-4-3-5-16(15)10-14;/h6-10H,3-5,11-12H2,1-2H3,(H2,19,20,21);1H. The molecule has 23 heavy (non-hydrogen) atoms. The van der Waals surface area contributed by atoms with Crippen molar-refractivity contribution in [2.45, 2.75) is 39.3 Å². The largest absolute Gasteiger partial charge is 0.352 e. The van der Waals surface area contributed by atoms with Crippen LogP contribution in [0.5, 0.6) is 0 Å². The van der Waals surface area contributed by atoms with E-state index >= 15 is 0 Å². The van der Waals surface area contributed by atoms with Crippen LogP contribution in [0.1, 0.15) is 32.9 Å². The van der Waals surface area contributed by atoms with Crippen LogP contribution < -0.4 is 10.6 Å². The molecule has 3 rings (SSSR count). The van der Waals surface area contributed by atoms with Gasteiger partial charge in [-0.05, 0) is 55.0 Å². The lowest BCUT2D eigenvalue weighted by atomic mass is 10.1. The molecule has 0 bridgehead atoms. The van der Waals surface area contributed by atoms with Crippen LogP contribution >= 0.6 is 35.3 Å². The second-order valence-electron chi connectivity index (χ2n) is 5.75. The van der Waals surface area contributed by atoms with E-state index in [0.717, 1.165) is 19.0 Å². The van der Waals surface area contributed by atoms with Gasteiger partial charge in [0.25, 0.3) is 0 Å². The van der Waals surface area contributed by atoms with Crippen LogP contribution in [0.2, 0.25) is 0 Å². The highest BCUT2D eigenvalue weighted by atomic mass is 127. The molecule has 2 aromatic rings. The maximum Gasteiger partial charge on any atom is 0.191 e. The lowest BCUT2D eigenvalue weighted by Gasteiger charge is -2.12. The quantitative estimate of drug-likeness (QED) is 0.427. The molecule has 0 saturated heterocycles. The topological polar surface area (TPSA) is 36.4 Å². The number of nitrogens with one attached hydrogen (secondary N) is 2. The molecule has 0 saturated carbocycles. The van der Waals surface area contributed by atoms with Gasteiger partial charge in [0.15, 0.2) is 5.96 Å². The lowest BCUT2D eigenvalue weighted by Crippen LogP contribution is -2.36. The number of fused-ring (bicyclic) bond motifs is 1. The first-order chi connectivity index (χ1) is 10.7. The zero-order chi connectivity index (χ0) is 15.4. The molecular formula is C18H24IN3S. The van der Waals surface area contributed by atoms with Crippen LogP contribution in [0, 0.1) is 6.92 Å². The number of nitrogens with zero attached hydrogens (tertiary/aromatic N) is 1. The van der Waals surface area contributed by atoms with E-state index in [4.69, 9.17) is 0 Å². The second kappa shape index (κ2) is 8.68. The van der Waals surface area contributed by atoms with Crippen LogP contribution in [-0.2, 0) is 25.9 Å². The first kappa shape index (κ1) is 18.3. The first-order valence-corrected chi connectivity index (χ1v) is 8.67. The number of hydrogen-bond acceptors (Lipinski definition) is 2. The highest BCUT2D eigenvalue weighted by molar-refractivity contribution is 14.0. The van der Waals surface area contributed by atoms with E-state index in [1.54, 1.807) is 0 Å². The molecule has 0 radical (unpaired) electrons. The van der Waals surface area contributed by atoms with Crippen molar-refractivity contribution < 1.29 is 0 Å². The van der Waals surface area contributed by atoms with Gasteiger partial charge in [-0.1, -0.05) is 18.2 Å². The van der Waals surface area contributed by atoms with Gasteiger partial charge in [-0.25, -0.2) is 0 Å². The molecule has 1 aromatic carbocycles. The minimum atomic E-state index is 0. The summed E-state index contributed by atoms with van der Waals surface area (Å²) in [5, 5.41) is 6.77.